The van der Waals surface area contributed by atoms with E-state index in [4.69, 9.17) is 4.74 Å². The number of carbonyl (C=O) groups excluding carboxylic acids is 2. The van der Waals surface area contributed by atoms with Gasteiger partial charge in [0.05, 0.1) is 19.1 Å². The summed E-state index contributed by atoms with van der Waals surface area (Å²) in [5.41, 5.74) is 1.01. The molecule has 5 nitrogen and oxygen atoms in total. The molecule has 0 spiro atoms. The first-order valence-electron chi connectivity index (χ1n) is 7.82. The Balaban J connectivity index is 1.90. The third-order valence-corrected chi connectivity index (χ3v) is 3.96. The van der Waals surface area contributed by atoms with E-state index in [9.17, 15) is 9.59 Å². The van der Waals surface area contributed by atoms with Crippen molar-refractivity contribution in [2.45, 2.75) is 19.8 Å². The maximum atomic E-state index is 12.4. The molecule has 0 aromatic heterocycles. The fourth-order valence-corrected chi connectivity index (χ4v) is 2.73. The van der Waals surface area contributed by atoms with Gasteiger partial charge >= 0.3 is 5.97 Å². The number of hydrogen-bond donors (Lipinski definition) is 0. The van der Waals surface area contributed by atoms with Crippen LogP contribution in [0.5, 0.6) is 0 Å². The van der Waals surface area contributed by atoms with Crippen molar-refractivity contribution < 1.29 is 14.3 Å². The number of esters is 1. The van der Waals surface area contributed by atoms with E-state index >= 15 is 0 Å². The Kier molecular flexibility index (Phi) is 5.81. The Morgan fingerprint density at radius 1 is 1.32 bits per heavy atom. The first kappa shape index (κ1) is 16.3. The maximum Gasteiger partial charge on any atom is 0.310 e. The smallest absolute Gasteiger partial charge is 0.310 e. The van der Waals surface area contributed by atoms with Crippen LogP contribution >= 0.6 is 0 Å². The normalized spacial score (nSPS) is 17.9. The van der Waals surface area contributed by atoms with Gasteiger partial charge < -0.3 is 14.5 Å². The summed E-state index contributed by atoms with van der Waals surface area (Å²) in [6.07, 6.45) is 1.65. The first-order valence-corrected chi connectivity index (χ1v) is 7.82. The van der Waals surface area contributed by atoms with Crippen LogP contribution in [-0.4, -0.2) is 50.1 Å². The van der Waals surface area contributed by atoms with Crippen LogP contribution in [0, 0.1) is 5.92 Å². The molecular weight excluding hydrogens is 280 g/mol. The second kappa shape index (κ2) is 7.82. The van der Waals surface area contributed by atoms with E-state index in [0.29, 0.717) is 19.7 Å². The fourth-order valence-electron chi connectivity index (χ4n) is 2.73. The number of hydrogen-bond acceptors (Lipinski definition) is 4. The van der Waals surface area contributed by atoms with Gasteiger partial charge in [-0.05, 0) is 31.9 Å². The van der Waals surface area contributed by atoms with Gasteiger partial charge in [-0.1, -0.05) is 18.2 Å². The molecule has 1 fully saturated rings. The van der Waals surface area contributed by atoms with Crippen molar-refractivity contribution in [1.29, 1.82) is 0 Å². The molecule has 1 aromatic carbocycles. The van der Waals surface area contributed by atoms with Gasteiger partial charge in [0, 0.05) is 25.8 Å². The van der Waals surface area contributed by atoms with Gasteiger partial charge in [0.2, 0.25) is 5.91 Å². The molecule has 1 aliphatic rings. The minimum absolute atomic E-state index is 0.0559. The molecule has 1 saturated heterocycles. The third kappa shape index (κ3) is 4.23. The summed E-state index contributed by atoms with van der Waals surface area (Å²) in [6, 6.07) is 9.81. The predicted octanol–water partition coefficient (Wildman–Crippen LogP) is 1.92. The molecule has 1 aromatic rings. The first-order chi connectivity index (χ1) is 10.6. The van der Waals surface area contributed by atoms with Gasteiger partial charge in [-0.3, -0.25) is 9.59 Å². The fraction of sp³-hybridized carbons (Fsp3) is 0.529. The Morgan fingerprint density at radius 3 is 2.73 bits per heavy atom. The number of carbonyl (C=O) groups is 2. The van der Waals surface area contributed by atoms with Crippen LogP contribution < -0.4 is 4.90 Å². The number of ether oxygens (including phenoxy) is 1. The topological polar surface area (TPSA) is 49.9 Å². The average molecular weight is 304 g/mol. The van der Waals surface area contributed by atoms with Crippen LogP contribution in [0.2, 0.25) is 0 Å². The molecule has 22 heavy (non-hydrogen) atoms. The molecule has 0 N–H and O–H groups in total. The van der Waals surface area contributed by atoms with Crippen molar-refractivity contribution in [2.75, 3.05) is 38.2 Å². The summed E-state index contributed by atoms with van der Waals surface area (Å²) < 4.78 is 5.07. The quantitative estimate of drug-likeness (QED) is 0.780. The number of likely N-dealkylation sites (N-methyl/N-ethyl adjacent to an activating group) is 1. The number of likely N-dealkylation sites (tertiary alicyclic amines) is 1. The zero-order valence-corrected chi connectivity index (χ0v) is 13.3. The molecule has 1 atom stereocenters. The van der Waals surface area contributed by atoms with Gasteiger partial charge in [-0.15, -0.1) is 0 Å². The molecule has 1 aliphatic heterocycles. The second-order valence-electron chi connectivity index (χ2n) is 5.62. The number of anilines is 1. The lowest BCUT2D eigenvalue weighted by Crippen LogP contribution is -2.46. The van der Waals surface area contributed by atoms with Gasteiger partial charge in [-0.2, -0.15) is 0 Å². The highest BCUT2D eigenvalue weighted by atomic mass is 16.5. The molecule has 1 amide bonds. The van der Waals surface area contributed by atoms with E-state index in [1.807, 2.05) is 42.3 Å². The van der Waals surface area contributed by atoms with E-state index in [0.717, 1.165) is 25.1 Å². The van der Waals surface area contributed by atoms with Crippen LogP contribution in [0.4, 0.5) is 5.69 Å². The van der Waals surface area contributed by atoms with E-state index in [-0.39, 0.29) is 17.8 Å². The number of para-hydroxylation sites is 1. The molecule has 1 unspecified atom stereocenters. The van der Waals surface area contributed by atoms with Crippen molar-refractivity contribution in [2.24, 2.45) is 5.92 Å². The molecule has 120 valence electrons. The lowest BCUT2D eigenvalue weighted by Gasteiger charge is -2.33. The SMILES string of the molecule is CCOC(=O)C1CCCN(C(=O)CN(C)c2ccccc2)C1. The molecule has 0 saturated carbocycles. The molecule has 0 radical (unpaired) electrons. The van der Waals surface area contributed by atoms with Gasteiger partial charge in [0.15, 0.2) is 0 Å². The Labute approximate surface area is 131 Å². The number of benzene rings is 1. The van der Waals surface area contributed by atoms with Crippen LogP contribution in [0.1, 0.15) is 19.8 Å². The molecule has 0 bridgehead atoms. The Bertz CT molecular complexity index is 504. The average Bonchev–Trinajstić information content (AvgIpc) is 2.56. The minimum atomic E-state index is -0.184. The monoisotopic (exact) mass is 304 g/mol. The Morgan fingerprint density at radius 2 is 2.05 bits per heavy atom. The highest BCUT2D eigenvalue weighted by molar-refractivity contribution is 5.82. The predicted molar refractivity (Wildman–Crippen MR) is 85.6 cm³/mol. The Hall–Kier alpha value is -2.04. The van der Waals surface area contributed by atoms with Crippen LogP contribution in [0.15, 0.2) is 30.3 Å². The molecule has 1 heterocycles. The standard InChI is InChI=1S/C17H24N2O3/c1-3-22-17(21)14-8-7-11-19(12-14)16(20)13-18(2)15-9-5-4-6-10-15/h4-6,9-10,14H,3,7-8,11-13H2,1-2H3. The van der Waals surface area contributed by atoms with Gasteiger partial charge in [0.1, 0.15) is 0 Å². The minimum Gasteiger partial charge on any atom is -0.466 e. The van der Waals surface area contributed by atoms with Crippen LogP contribution in [-0.2, 0) is 14.3 Å². The van der Waals surface area contributed by atoms with Crippen molar-refractivity contribution in [3.05, 3.63) is 30.3 Å². The highest BCUT2D eigenvalue weighted by Gasteiger charge is 2.29. The lowest BCUT2D eigenvalue weighted by atomic mass is 9.98. The van der Waals surface area contributed by atoms with Crippen molar-refractivity contribution in [3.63, 3.8) is 0 Å². The summed E-state index contributed by atoms with van der Waals surface area (Å²) in [5.74, 6) is -0.309. The number of nitrogens with zero attached hydrogens (tertiary/aromatic N) is 2. The van der Waals surface area contributed by atoms with Crippen molar-refractivity contribution >= 4 is 17.6 Å². The highest BCUT2D eigenvalue weighted by Crippen LogP contribution is 2.19. The molecular formula is C17H24N2O3. The van der Waals surface area contributed by atoms with Crippen LogP contribution in [0.3, 0.4) is 0 Å². The summed E-state index contributed by atoms with van der Waals surface area (Å²) in [7, 11) is 1.90. The zero-order valence-electron chi connectivity index (χ0n) is 13.3. The van der Waals surface area contributed by atoms with Gasteiger partial charge in [0.25, 0.3) is 0 Å². The zero-order chi connectivity index (χ0) is 15.9. The number of rotatable bonds is 5. The van der Waals surface area contributed by atoms with E-state index in [1.165, 1.54) is 0 Å². The third-order valence-electron chi connectivity index (χ3n) is 3.96. The second-order valence-corrected chi connectivity index (χ2v) is 5.62. The van der Waals surface area contributed by atoms with E-state index < -0.39 is 0 Å². The molecule has 2 rings (SSSR count). The molecule has 5 heteroatoms. The summed E-state index contributed by atoms with van der Waals surface area (Å²) in [4.78, 5) is 28.0. The number of amides is 1. The van der Waals surface area contributed by atoms with E-state index in [2.05, 4.69) is 0 Å². The summed E-state index contributed by atoms with van der Waals surface area (Å²) in [5, 5.41) is 0. The maximum absolute atomic E-state index is 12.4. The van der Waals surface area contributed by atoms with E-state index in [1.54, 1.807) is 11.8 Å². The van der Waals surface area contributed by atoms with Crippen molar-refractivity contribution in [1.82, 2.24) is 4.90 Å². The van der Waals surface area contributed by atoms with Gasteiger partial charge in [-0.25, -0.2) is 0 Å². The summed E-state index contributed by atoms with van der Waals surface area (Å²) >= 11 is 0. The van der Waals surface area contributed by atoms with Crippen LogP contribution in [0.25, 0.3) is 0 Å². The number of piperidine rings is 1. The lowest BCUT2D eigenvalue weighted by molar-refractivity contribution is -0.151. The summed E-state index contributed by atoms with van der Waals surface area (Å²) in [6.45, 7) is 3.70. The molecule has 0 aliphatic carbocycles. The van der Waals surface area contributed by atoms with Crippen molar-refractivity contribution in [3.8, 4) is 0 Å². The largest absolute Gasteiger partial charge is 0.466 e.